The number of carboxylic acid groups (broad SMARTS) is 1. The second-order valence-electron chi connectivity index (χ2n) is 6.77. The number of thiocarbonyl (C=S) groups is 1. The van der Waals surface area contributed by atoms with Crippen molar-refractivity contribution in [3.05, 3.63) is 28.7 Å². The number of carboxylic acids is 1. The smallest absolute Gasteiger partial charge is 0.303 e. The largest absolute Gasteiger partial charge is 0.493 e. The van der Waals surface area contributed by atoms with Gasteiger partial charge in [-0.2, -0.15) is 0 Å². The van der Waals surface area contributed by atoms with Crippen LogP contribution in [-0.2, 0) is 9.59 Å². The SMILES string of the molecule is COc1cc(/C=C2\SC(=S)N(CCCC(=O)O)C2=O)ccc1OCCC(C)C. The van der Waals surface area contributed by atoms with Crippen molar-refractivity contribution < 1.29 is 24.2 Å². The number of amides is 1. The van der Waals surface area contributed by atoms with E-state index in [4.69, 9.17) is 26.8 Å². The van der Waals surface area contributed by atoms with Crippen molar-refractivity contribution in [3.8, 4) is 11.5 Å². The van der Waals surface area contributed by atoms with E-state index in [9.17, 15) is 9.59 Å². The summed E-state index contributed by atoms with van der Waals surface area (Å²) in [6.45, 7) is 5.20. The van der Waals surface area contributed by atoms with Gasteiger partial charge in [-0.1, -0.05) is 43.9 Å². The first-order chi connectivity index (χ1) is 13.3. The molecule has 28 heavy (non-hydrogen) atoms. The van der Waals surface area contributed by atoms with Crippen molar-refractivity contribution in [3.63, 3.8) is 0 Å². The summed E-state index contributed by atoms with van der Waals surface area (Å²) < 4.78 is 11.6. The lowest BCUT2D eigenvalue weighted by atomic mass is 10.1. The van der Waals surface area contributed by atoms with Gasteiger partial charge >= 0.3 is 5.97 Å². The van der Waals surface area contributed by atoms with Crippen molar-refractivity contribution in [1.82, 2.24) is 4.90 Å². The Labute approximate surface area is 174 Å². The van der Waals surface area contributed by atoms with Gasteiger partial charge < -0.3 is 14.6 Å². The van der Waals surface area contributed by atoms with E-state index >= 15 is 0 Å². The summed E-state index contributed by atoms with van der Waals surface area (Å²) >= 11 is 6.48. The van der Waals surface area contributed by atoms with Crippen molar-refractivity contribution in [2.75, 3.05) is 20.3 Å². The number of carbonyl (C=O) groups is 2. The third kappa shape index (κ3) is 6.24. The molecule has 0 aromatic heterocycles. The quantitative estimate of drug-likeness (QED) is 0.447. The van der Waals surface area contributed by atoms with E-state index in [0.717, 1.165) is 12.0 Å². The van der Waals surface area contributed by atoms with Crippen molar-refractivity contribution in [2.24, 2.45) is 5.92 Å². The molecule has 0 unspecified atom stereocenters. The van der Waals surface area contributed by atoms with Crippen molar-refractivity contribution in [2.45, 2.75) is 33.1 Å². The Morgan fingerprint density at radius 2 is 2.11 bits per heavy atom. The third-order valence-electron chi connectivity index (χ3n) is 4.08. The van der Waals surface area contributed by atoms with E-state index in [0.29, 0.717) is 46.2 Å². The molecule has 1 aliphatic heterocycles. The summed E-state index contributed by atoms with van der Waals surface area (Å²) in [5, 5.41) is 8.74. The molecule has 0 atom stereocenters. The van der Waals surface area contributed by atoms with Crippen LogP contribution < -0.4 is 9.47 Å². The number of thioether (sulfide) groups is 1. The molecule has 1 saturated heterocycles. The second kappa shape index (κ2) is 10.5. The van der Waals surface area contributed by atoms with E-state index in [-0.39, 0.29) is 12.3 Å². The lowest BCUT2D eigenvalue weighted by molar-refractivity contribution is -0.137. The minimum Gasteiger partial charge on any atom is -0.493 e. The minimum absolute atomic E-state index is 0.00553. The summed E-state index contributed by atoms with van der Waals surface area (Å²) in [4.78, 5) is 25.2. The number of hydrogen-bond donors (Lipinski definition) is 1. The minimum atomic E-state index is -0.885. The predicted molar refractivity (Wildman–Crippen MR) is 115 cm³/mol. The van der Waals surface area contributed by atoms with Crippen LogP contribution in [0.2, 0.25) is 0 Å². The number of carbonyl (C=O) groups excluding carboxylic acids is 1. The molecule has 1 aromatic rings. The lowest BCUT2D eigenvalue weighted by Crippen LogP contribution is -2.29. The van der Waals surface area contributed by atoms with Gasteiger partial charge in [-0.15, -0.1) is 0 Å². The highest BCUT2D eigenvalue weighted by atomic mass is 32.2. The Balaban J connectivity index is 2.08. The Kier molecular flexibility index (Phi) is 8.32. The fourth-order valence-corrected chi connectivity index (χ4v) is 3.84. The zero-order valence-corrected chi connectivity index (χ0v) is 17.9. The summed E-state index contributed by atoms with van der Waals surface area (Å²) in [7, 11) is 1.58. The Morgan fingerprint density at radius 3 is 2.75 bits per heavy atom. The van der Waals surface area contributed by atoms with Crippen LogP contribution in [0.5, 0.6) is 11.5 Å². The Hall–Kier alpha value is -2.06. The topological polar surface area (TPSA) is 76.1 Å². The van der Waals surface area contributed by atoms with E-state index in [1.165, 1.54) is 16.7 Å². The van der Waals surface area contributed by atoms with Crippen molar-refractivity contribution in [1.29, 1.82) is 0 Å². The second-order valence-corrected chi connectivity index (χ2v) is 8.45. The van der Waals surface area contributed by atoms with Crippen LogP contribution in [0.25, 0.3) is 6.08 Å². The Bertz CT molecular complexity index is 776. The van der Waals surface area contributed by atoms with Crippen LogP contribution in [-0.4, -0.2) is 46.5 Å². The van der Waals surface area contributed by atoms with E-state index in [1.807, 2.05) is 18.2 Å². The molecule has 1 aliphatic rings. The van der Waals surface area contributed by atoms with Gasteiger partial charge in [-0.25, -0.2) is 0 Å². The van der Waals surface area contributed by atoms with Gasteiger partial charge in [-0.05, 0) is 42.5 Å². The molecule has 0 aliphatic carbocycles. The van der Waals surface area contributed by atoms with Gasteiger partial charge in [0.2, 0.25) is 0 Å². The molecule has 0 radical (unpaired) electrons. The number of ether oxygens (including phenoxy) is 2. The number of methoxy groups -OCH3 is 1. The summed E-state index contributed by atoms with van der Waals surface area (Å²) in [5.74, 6) is 0.749. The van der Waals surface area contributed by atoms with Gasteiger partial charge in [0, 0.05) is 13.0 Å². The lowest BCUT2D eigenvalue weighted by Gasteiger charge is -2.13. The van der Waals surface area contributed by atoms with Crippen molar-refractivity contribution >= 4 is 46.3 Å². The van der Waals surface area contributed by atoms with E-state index < -0.39 is 5.97 Å². The number of nitrogens with zero attached hydrogens (tertiary/aromatic N) is 1. The van der Waals surface area contributed by atoms with Gasteiger partial charge in [0.15, 0.2) is 11.5 Å². The normalized spacial score (nSPS) is 15.6. The molecule has 1 aromatic carbocycles. The average molecular weight is 424 g/mol. The molecule has 2 rings (SSSR count). The maximum atomic E-state index is 12.6. The molecule has 0 bridgehead atoms. The zero-order chi connectivity index (χ0) is 20.7. The van der Waals surface area contributed by atoms with Gasteiger partial charge in [0.05, 0.1) is 18.6 Å². The van der Waals surface area contributed by atoms with Crippen LogP contribution in [0.4, 0.5) is 0 Å². The zero-order valence-electron chi connectivity index (χ0n) is 16.3. The molecule has 1 heterocycles. The molecular formula is C20H25NO5S2. The van der Waals surface area contributed by atoms with E-state index in [2.05, 4.69) is 13.8 Å². The third-order valence-corrected chi connectivity index (χ3v) is 5.46. The van der Waals surface area contributed by atoms with E-state index in [1.54, 1.807) is 13.2 Å². The number of hydrogen-bond acceptors (Lipinski definition) is 6. The molecule has 1 amide bonds. The number of aliphatic carboxylic acids is 1. The molecule has 0 saturated carbocycles. The summed E-state index contributed by atoms with van der Waals surface area (Å²) in [6, 6.07) is 5.52. The molecular weight excluding hydrogens is 398 g/mol. The number of rotatable bonds is 10. The summed E-state index contributed by atoms with van der Waals surface area (Å²) in [5.41, 5.74) is 0.805. The maximum Gasteiger partial charge on any atom is 0.303 e. The molecule has 1 N–H and O–H groups in total. The predicted octanol–water partition coefficient (Wildman–Crippen LogP) is 4.19. The first-order valence-corrected chi connectivity index (χ1v) is 10.3. The Morgan fingerprint density at radius 1 is 1.36 bits per heavy atom. The summed E-state index contributed by atoms with van der Waals surface area (Å²) in [6.07, 6.45) is 3.09. The molecule has 152 valence electrons. The van der Waals surface area contributed by atoms with Crippen LogP contribution in [0, 0.1) is 5.92 Å². The highest BCUT2D eigenvalue weighted by Crippen LogP contribution is 2.35. The fraction of sp³-hybridized carbons (Fsp3) is 0.450. The highest BCUT2D eigenvalue weighted by Gasteiger charge is 2.31. The van der Waals surface area contributed by atoms with Gasteiger partial charge in [0.25, 0.3) is 5.91 Å². The van der Waals surface area contributed by atoms with Crippen LogP contribution in [0.3, 0.4) is 0 Å². The standard InChI is InChI=1S/C20H25NO5S2/c1-13(2)8-10-26-15-7-6-14(11-16(15)25-3)12-17-19(24)21(20(27)28-17)9-4-5-18(22)23/h6-7,11-13H,4-5,8-10H2,1-3H3,(H,22,23)/b17-12-. The first-order valence-electron chi connectivity index (χ1n) is 9.09. The van der Waals surface area contributed by atoms with Crippen LogP contribution in [0.1, 0.15) is 38.7 Å². The monoisotopic (exact) mass is 423 g/mol. The molecule has 8 heteroatoms. The highest BCUT2D eigenvalue weighted by molar-refractivity contribution is 8.26. The first kappa shape index (κ1) is 22.2. The fourth-order valence-electron chi connectivity index (χ4n) is 2.53. The molecule has 6 nitrogen and oxygen atoms in total. The van der Waals surface area contributed by atoms with Crippen LogP contribution in [0.15, 0.2) is 23.1 Å². The average Bonchev–Trinajstić information content (AvgIpc) is 2.89. The van der Waals surface area contributed by atoms with Gasteiger partial charge in [0.1, 0.15) is 4.32 Å². The van der Waals surface area contributed by atoms with Crippen LogP contribution >= 0.6 is 24.0 Å². The molecule has 1 fully saturated rings. The van der Waals surface area contributed by atoms with Gasteiger partial charge in [-0.3, -0.25) is 14.5 Å². The molecule has 0 spiro atoms. The maximum absolute atomic E-state index is 12.6. The number of benzene rings is 1.